The third-order valence-electron chi connectivity index (χ3n) is 11.5. The van der Waals surface area contributed by atoms with Gasteiger partial charge in [-0.1, -0.05) is 127 Å². The number of rotatable bonds is 5. The number of benzene rings is 9. The molecule has 0 aliphatic heterocycles. The fourth-order valence-electron chi connectivity index (χ4n) is 9.04. The predicted octanol–water partition coefficient (Wildman–Crippen LogP) is 14.4. The first-order valence-electron chi connectivity index (χ1n) is 19.1. The van der Waals surface area contributed by atoms with Gasteiger partial charge in [-0.25, -0.2) is 0 Å². The van der Waals surface area contributed by atoms with Gasteiger partial charge in [0.05, 0.1) is 27.8 Å². The molecule has 0 saturated carbocycles. The molecule has 12 aromatic rings. The van der Waals surface area contributed by atoms with E-state index in [1.54, 1.807) is 0 Å². The van der Waals surface area contributed by atoms with Crippen molar-refractivity contribution in [3.63, 3.8) is 0 Å². The van der Waals surface area contributed by atoms with Gasteiger partial charge < -0.3 is 18.5 Å². The number of nitrogens with zero attached hydrogens (tertiary/aromatic N) is 3. The molecule has 12 rings (SSSR count). The van der Waals surface area contributed by atoms with E-state index < -0.39 is 0 Å². The third-order valence-corrected chi connectivity index (χ3v) is 11.5. The van der Waals surface area contributed by atoms with Crippen LogP contribution in [-0.4, -0.2) is 9.13 Å². The summed E-state index contributed by atoms with van der Waals surface area (Å²) in [5.41, 5.74) is 11.8. The van der Waals surface area contributed by atoms with Gasteiger partial charge in [-0.3, -0.25) is 0 Å². The van der Waals surface area contributed by atoms with E-state index in [1.165, 1.54) is 48.9 Å². The molecule has 0 aliphatic carbocycles. The zero-order valence-corrected chi connectivity index (χ0v) is 30.3. The maximum absolute atomic E-state index is 6.71. The predicted molar refractivity (Wildman–Crippen MR) is 235 cm³/mol. The molecule has 0 amide bonds. The third kappa shape index (κ3) is 4.47. The standard InChI is InChI=1S/C52H33N3O/c1-2-14-35(15-3-1)54-46-21-9-6-17-40(46)42-32-30-38(33-49(42)54)53(48-23-12-20-45-43-19-8-11-24-50(43)56-52(45)48)36-26-28-37(29-27-36)55-47-22-10-7-18-41(47)44-31-25-34-13-4-5-16-39(34)51(44)55/h1-33H. The molecule has 0 N–H and O–H groups in total. The Morgan fingerprint density at radius 2 is 0.946 bits per heavy atom. The van der Waals surface area contributed by atoms with E-state index in [2.05, 4.69) is 208 Å². The minimum atomic E-state index is 0.857. The van der Waals surface area contributed by atoms with Crippen molar-refractivity contribution in [3.8, 4) is 11.4 Å². The van der Waals surface area contributed by atoms with Crippen molar-refractivity contribution in [2.24, 2.45) is 0 Å². The number of aromatic nitrogens is 2. The maximum Gasteiger partial charge on any atom is 0.159 e. The number of para-hydroxylation sites is 5. The van der Waals surface area contributed by atoms with Gasteiger partial charge in [-0.2, -0.15) is 0 Å². The van der Waals surface area contributed by atoms with Crippen LogP contribution in [0.25, 0.3) is 87.7 Å². The molecule has 0 bridgehead atoms. The van der Waals surface area contributed by atoms with Crippen LogP contribution in [0.15, 0.2) is 205 Å². The van der Waals surface area contributed by atoms with E-state index in [9.17, 15) is 0 Å². The first-order valence-corrected chi connectivity index (χ1v) is 19.1. The molecular formula is C52H33N3O. The average molecular weight is 716 g/mol. The highest BCUT2D eigenvalue weighted by Crippen LogP contribution is 2.45. The number of hydrogen-bond donors (Lipinski definition) is 0. The molecule has 0 radical (unpaired) electrons. The maximum atomic E-state index is 6.71. The molecule has 0 aliphatic rings. The fraction of sp³-hybridized carbons (Fsp3) is 0. The number of hydrogen-bond acceptors (Lipinski definition) is 2. The topological polar surface area (TPSA) is 26.2 Å². The quantitative estimate of drug-likeness (QED) is 0.177. The van der Waals surface area contributed by atoms with Crippen molar-refractivity contribution in [2.45, 2.75) is 0 Å². The summed E-state index contributed by atoms with van der Waals surface area (Å²) in [6.45, 7) is 0. The van der Waals surface area contributed by atoms with Crippen LogP contribution in [0.1, 0.15) is 0 Å². The Kier molecular flexibility index (Phi) is 6.60. The molecule has 3 heterocycles. The second-order valence-electron chi connectivity index (χ2n) is 14.5. The Morgan fingerprint density at radius 3 is 1.77 bits per heavy atom. The van der Waals surface area contributed by atoms with Gasteiger partial charge in [0, 0.05) is 60.5 Å². The summed E-state index contributed by atoms with van der Waals surface area (Å²) in [5, 5.41) is 9.62. The minimum absolute atomic E-state index is 0.857. The molecule has 3 aromatic heterocycles. The van der Waals surface area contributed by atoms with Crippen molar-refractivity contribution < 1.29 is 4.42 Å². The summed E-state index contributed by atoms with van der Waals surface area (Å²) >= 11 is 0. The lowest BCUT2D eigenvalue weighted by Crippen LogP contribution is -2.10. The molecule has 262 valence electrons. The second kappa shape index (κ2) is 12.0. The summed E-state index contributed by atoms with van der Waals surface area (Å²) in [6.07, 6.45) is 0. The molecular weight excluding hydrogens is 683 g/mol. The van der Waals surface area contributed by atoms with E-state index in [0.29, 0.717) is 0 Å². The van der Waals surface area contributed by atoms with E-state index in [4.69, 9.17) is 4.42 Å². The average Bonchev–Trinajstić information content (AvgIpc) is 3.93. The van der Waals surface area contributed by atoms with E-state index in [1.807, 2.05) is 6.07 Å². The first-order chi connectivity index (χ1) is 27.8. The van der Waals surface area contributed by atoms with E-state index in [-0.39, 0.29) is 0 Å². The molecule has 9 aromatic carbocycles. The molecule has 0 saturated heterocycles. The van der Waals surface area contributed by atoms with Crippen LogP contribution in [0.5, 0.6) is 0 Å². The number of furan rings is 1. The summed E-state index contributed by atoms with van der Waals surface area (Å²) in [6, 6.07) is 71.9. The molecule has 4 nitrogen and oxygen atoms in total. The lowest BCUT2D eigenvalue weighted by atomic mass is 10.1. The molecule has 0 atom stereocenters. The van der Waals surface area contributed by atoms with Crippen molar-refractivity contribution in [1.29, 1.82) is 0 Å². The Morgan fingerprint density at radius 1 is 0.357 bits per heavy atom. The van der Waals surface area contributed by atoms with Crippen LogP contribution < -0.4 is 4.90 Å². The van der Waals surface area contributed by atoms with Gasteiger partial charge in [0.15, 0.2) is 5.58 Å². The van der Waals surface area contributed by atoms with Gasteiger partial charge in [0.2, 0.25) is 0 Å². The van der Waals surface area contributed by atoms with Crippen molar-refractivity contribution in [3.05, 3.63) is 200 Å². The Hall–Kier alpha value is -7.56. The van der Waals surface area contributed by atoms with Crippen LogP contribution in [0.3, 0.4) is 0 Å². The monoisotopic (exact) mass is 715 g/mol. The smallest absolute Gasteiger partial charge is 0.159 e. The Bertz CT molecular complexity index is 3480. The molecule has 0 spiro atoms. The van der Waals surface area contributed by atoms with Gasteiger partial charge in [-0.05, 0) is 78.2 Å². The lowest BCUT2D eigenvalue weighted by molar-refractivity contribution is 0.669. The van der Waals surface area contributed by atoms with Crippen LogP contribution in [-0.2, 0) is 0 Å². The lowest BCUT2D eigenvalue weighted by Gasteiger charge is -2.26. The molecule has 0 fully saturated rings. The van der Waals surface area contributed by atoms with Crippen LogP contribution in [0.2, 0.25) is 0 Å². The van der Waals surface area contributed by atoms with Crippen molar-refractivity contribution in [1.82, 2.24) is 9.13 Å². The summed E-state index contributed by atoms with van der Waals surface area (Å²) in [5.74, 6) is 0. The SMILES string of the molecule is c1ccc(-n2c3ccccc3c3ccc(N(c4ccc(-n5c6ccccc6c6ccc7ccccc7c65)cc4)c4cccc5c4oc4ccccc45)cc32)cc1. The highest BCUT2D eigenvalue weighted by Gasteiger charge is 2.22. The Labute approximate surface area is 322 Å². The van der Waals surface area contributed by atoms with Crippen LogP contribution >= 0.6 is 0 Å². The normalized spacial score (nSPS) is 11.9. The first kappa shape index (κ1) is 30.9. The largest absolute Gasteiger partial charge is 0.454 e. The van der Waals surface area contributed by atoms with Crippen LogP contribution in [0, 0.1) is 0 Å². The number of fused-ring (bicyclic) bond motifs is 11. The minimum Gasteiger partial charge on any atom is -0.454 e. The van der Waals surface area contributed by atoms with Crippen molar-refractivity contribution >= 4 is 93.4 Å². The second-order valence-corrected chi connectivity index (χ2v) is 14.5. The Balaban J connectivity index is 1.11. The summed E-state index contributed by atoms with van der Waals surface area (Å²) < 4.78 is 11.5. The van der Waals surface area contributed by atoms with Crippen molar-refractivity contribution in [2.75, 3.05) is 4.90 Å². The van der Waals surface area contributed by atoms with Gasteiger partial charge in [0.1, 0.15) is 5.58 Å². The van der Waals surface area contributed by atoms with Crippen LogP contribution in [0.4, 0.5) is 17.1 Å². The molecule has 4 heteroatoms. The van der Waals surface area contributed by atoms with Gasteiger partial charge in [0.25, 0.3) is 0 Å². The highest BCUT2D eigenvalue weighted by atomic mass is 16.3. The fourth-order valence-corrected chi connectivity index (χ4v) is 9.04. The number of anilines is 3. The summed E-state index contributed by atoms with van der Waals surface area (Å²) in [4.78, 5) is 2.35. The molecule has 0 unspecified atom stereocenters. The zero-order valence-electron chi connectivity index (χ0n) is 30.3. The summed E-state index contributed by atoms with van der Waals surface area (Å²) in [7, 11) is 0. The van der Waals surface area contributed by atoms with Gasteiger partial charge >= 0.3 is 0 Å². The zero-order chi connectivity index (χ0) is 36.7. The van der Waals surface area contributed by atoms with E-state index >= 15 is 0 Å². The van der Waals surface area contributed by atoms with E-state index in [0.717, 1.165) is 55.9 Å². The highest BCUT2D eigenvalue weighted by molar-refractivity contribution is 6.19. The van der Waals surface area contributed by atoms with Gasteiger partial charge in [-0.15, -0.1) is 0 Å². The molecule has 56 heavy (non-hydrogen) atoms.